The van der Waals surface area contributed by atoms with E-state index in [1.54, 1.807) is 36.4 Å². The molecule has 3 aromatic carbocycles. The first-order valence-electron chi connectivity index (χ1n) is 7.96. The summed E-state index contributed by atoms with van der Waals surface area (Å²) in [5.74, 6) is 0.668. The highest BCUT2D eigenvalue weighted by atomic mass is 35.5. The van der Waals surface area contributed by atoms with Crippen molar-refractivity contribution in [3.8, 4) is 5.75 Å². The number of para-hydroxylation sites is 1. The van der Waals surface area contributed by atoms with Crippen LogP contribution in [0, 0.1) is 0 Å². The maximum atomic E-state index is 12.2. The number of ketones is 1. The Morgan fingerprint density at radius 3 is 2.32 bits per heavy atom. The van der Waals surface area contributed by atoms with Gasteiger partial charge in [-0.2, -0.15) is 0 Å². The molecule has 0 spiro atoms. The van der Waals surface area contributed by atoms with Crippen LogP contribution in [0.1, 0.15) is 21.5 Å². The molecule has 0 saturated carbocycles. The van der Waals surface area contributed by atoms with Gasteiger partial charge in [-0.15, -0.1) is 0 Å². The Kier molecular flexibility index (Phi) is 5.65. The van der Waals surface area contributed by atoms with Gasteiger partial charge in [0.05, 0.1) is 0 Å². The monoisotopic (exact) mass is 348 g/mol. The summed E-state index contributed by atoms with van der Waals surface area (Å²) >= 11 is 5.85. The predicted molar refractivity (Wildman–Crippen MR) is 102 cm³/mol. The fraction of sp³-hybridized carbons (Fsp3) is 0.0455. The van der Waals surface area contributed by atoms with Gasteiger partial charge in [0.25, 0.3) is 0 Å². The minimum absolute atomic E-state index is 0.0745. The second kappa shape index (κ2) is 8.32. The van der Waals surface area contributed by atoms with Gasteiger partial charge in [-0.1, -0.05) is 60.1 Å². The molecule has 0 aliphatic heterocycles. The van der Waals surface area contributed by atoms with Crippen LogP contribution in [0.15, 0.2) is 84.9 Å². The number of carbonyl (C=O) groups excluding carboxylic acids is 1. The quantitative estimate of drug-likeness (QED) is 0.414. The van der Waals surface area contributed by atoms with Gasteiger partial charge < -0.3 is 4.74 Å². The molecule has 0 bridgehead atoms. The molecule has 0 aliphatic rings. The van der Waals surface area contributed by atoms with Gasteiger partial charge in [0, 0.05) is 16.1 Å². The predicted octanol–water partition coefficient (Wildman–Crippen LogP) is 5.82. The molecule has 0 unspecified atom stereocenters. The first-order valence-corrected chi connectivity index (χ1v) is 8.34. The summed E-state index contributed by atoms with van der Waals surface area (Å²) in [6, 6.07) is 24.5. The van der Waals surface area contributed by atoms with E-state index in [1.807, 2.05) is 54.6 Å². The molecule has 2 nitrogen and oxygen atoms in total. The number of hydrogen-bond acceptors (Lipinski definition) is 2. The zero-order chi connectivity index (χ0) is 17.5. The molecule has 0 heterocycles. The zero-order valence-corrected chi connectivity index (χ0v) is 14.3. The van der Waals surface area contributed by atoms with Gasteiger partial charge in [0.2, 0.25) is 0 Å². The Balaban J connectivity index is 1.72. The lowest BCUT2D eigenvalue weighted by molar-refractivity contribution is 0.104. The first-order chi connectivity index (χ1) is 12.2. The topological polar surface area (TPSA) is 26.3 Å². The third-order valence-corrected chi connectivity index (χ3v) is 3.95. The summed E-state index contributed by atoms with van der Waals surface area (Å²) in [6.45, 7) is 0.483. The summed E-state index contributed by atoms with van der Waals surface area (Å²) in [5.41, 5.74) is 2.56. The Labute approximate surface area is 152 Å². The van der Waals surface area contributed by atoms with Crippen LogP contribution in [0.25, 0.3) is 6.08 Å². The number of hydrogen-bond donors (Lipinski definition) is 0. The molecule has 124 valence electrons. The van der Waals surface area contributed by atoms with Crippen molar-refractivity contribution < 1.29 is 9.53 Å². The Morgan fingerprint density at radius 2 is 1.56 bits per heavy atom. The van der Waals surface area contributed by atoms with Crippen LogP contribution in [-0.4, -0.2) is 5.78 Å². The average Bonchev–Trinajstić information content (AvgIpc) is 2.66. The molecule has 0 radical (unpaired) electrons. The highest BCUT2D eigenvalue weighted by Crippen LogP contribution is 2.21. The lowest BCUT2D eigenvalue weighted by Crippen LogP contribution is -1.97. The fourth-order valence-electron chi connectivity index (χ4n) is 2.36. The lowest BCUT2D eigenvalue weighted by atomic mass is 10.1. The van der Waals surface area contributed by atoms with Crippen molar-refractivity contribution in [2.45, 2.75) is 6.61 Å². The van der Waals surface area contributed by atoms with Crippen LogP contribution in [0.4, 0.5) is 0 Å². The number of halogens is 1. The molecule has 0 fully saturated rings. The summed E-state index contributed by atoms with van der Waals surface area (Å²) in [7, 11) is 0. The number of allylic oxidation sites excluding steroid dienone is 1. The van der Waals surface area contributed by atoms with E-state index in [9.17, 15) is 4.79 Å². The molecule has 3 rings (SSSR count). The van der Waals surface area contributed by atoms with Gasteiger partial charge in [-0.25, -0.2) is 0 Å². The standard InChI is InChI=1S/C22H17ClO2/c23-20-13-10-18(11-14-20)21(24)15-12-19-8-4-5-9-22(19)25-16-17-6-2-1-3-7-17/h1-15H,16H2/b15-12+. The van der Waals surface area contributed by atoms with Crippen LogP contribution in [0.5, 0.6) is 5.75 Å². The van der Waals surface area contributed by atoms with E-state index in [4.69, 9.17) is 16.3 Å². The van der Waals surface area contributed by atoms with Gasteiger partial charge >= 0.3 is 0 Å². The molecule has 3 aromatic rings. The molecule has 25 heavy (non-hydrogen) atoms. The number of benzene rings is 3. The van der Waals surface area contributed by atoms with Crippen molar-refractivity contribution in [1.82, 2.24) is 0 Å². The van der Waals surface area contributed by atoms with Gasteiger partial charge in [0.1, 0.15) is 12.4 Å². The Morgan fingerprint density at radius 1 is 0.880 bits per heavy atom. The van der Waals surface area contributed by atoms with E-state index in [0.29, 0.717) is 17.2 Å². The number of carbonyl (C=O) groups is 1. The maximum absolute atomic E-state index is 12.2. The second-order valence-electron chi connectivity index (χ2n) is 5.52. The van der Waals surface area contributed by atoms with Crippen molar-refractivity contribution in [1.29, 1.82) is 0 Å². The van der Waals surface area contributed by atoms with E-state index in [-0.39, 0.29) is 5.78 Å². The van der Waals surface area contributed by atoms with Crippen LogP contribution < -0.4 is 4.74 Å². The van der Waals surface area contributed by atoms with Crippen LogP contribution in [0.2, 0.25) is 5.02 Å². The first kappa shape index (κ1) is 17.0. The smallest absolute Gasteiger partial charge is 0.185 e. The molecule has 0 atom stereocenters. The van der Waals surface area contributed by atoms with Crippen molar-refractivity contribution >= 4 is 23.5 Å². The SMILES string of the molecule is O=C(/C=C/c1ccccc1OCc1ccccc1)c1ccc(Cl)cc1. The molecular weight excluding hydrogens is 332 g/mol. The highest BCUT2D eigenvalue weighted by molar-refractivity contribution is 6.30. The zero-order valence-electron chi connectivity index (χ0n) is 13.6. The minimum Gasteiger partial charge on any atom is -0.488 e. The van der Waals surface area contributed by atoms with E-state index in [1.165, 1.54) is 0 Å². The third kappa shape index (κ3) is 4.82. The van der Waals surface area contributed by atoms with Crippen LogP contribution >= 0.6 is 11.6 Å². The summed E-state index contributed by atoms with van der Waals surface area (Å²) in [4.78, 5) is 12.2. The lowest BCUT2D eigenvalue weighted by Gasteiger charge is -2.09. The normalized spacial score (nSPS) is 10.8. The largest absolute Gasteiger partial charge is 0.488 e. The second-order valence-corrected chi connectivity index (χ2v) is 5.95. The Bertz CT molecular complexity index is 868. The molecule has 0 N–H and O–H groups in total. The molecule has 0 amide bonds. The van der Waals surface area contributed by atoms with Crippen LogP contribution in [-0.2, 0) is 6.61 Å². The average molecular weight is 349 g/mol. The summed E-state index contributed by atoms with van der Waals surface area (Å²) in [5, 5.41) is 0.611. The van der Waals surface area contributed by atoms with Crippen molar-refractivity contribution in [3.63, 3.8) is 0 Å². The van der Waals surface area contributed by atoms with E-state index < -0.39 is 0 Å². The summed E-state index contributed by atoms with van der Waals surface area (Å²) < 4.78 is 5.90. The highest BCUT2D eigenvalue weighted by Gasteiger charge is 2.04. The third-order valence-electron chi connectivity index (χ3n) is 3.70. The number of ether oxygens (including phenoxy) is 1. The molecule has 0 aromatic heterocycles. The van der Waals surface area contributed by atoms with Gasteiger partial charge in [-0.05, 0) is 48.0 Å². The van der Waals surface area contributed by atoms with Gasteiger partial charge in [0.15, 0.2) is 5.78 Å². The Hall–Kier alpha value is -2.84. The number of rotatable bonds is 6. The molecule has 0 aliphatic carbocycles. The van der Waals surface area contributed by atoms with Crippen molar-refractivity contribution in [2.75, 3.05) is 0 Å². The van der Waals surface area contributed by atoms with Crippen molar-refractivity contribution in [2.24, 2.45) is 0 Å². The fourth-order valence-corrected chi connectivity index (χ4v) is 2.49. The summed E-state index contributed by atoms with van der Waals surface area (Å²) in [6.07, 6.45) is 3.32. The minimum atomic E-state index is -0.0745. The van der Waals surface area contributed by atoms with E-state index >= 15 is 0 Å². The van der Waals surface area contributed by atoms with Crippen LogP contribution in [0.3, 0.4) is 0 Å². The molecular formula is C22H17ClO2. The van der Waals surface area contributed by atoms with E-state index in [0.717, 1.165) is 16.9 Å². The molecule has 3 heteroatoms. The maximum Gasteiger partial charge on any atom is 0.185 e. The van der Waals surface area contributed by atoms with Gasteiger partial charge in [-0.3, -0.25) is 4.79 Å². The molecule has 0 saturated heterocycles. The van der Waals surface area contributed by atoms with Crippen molar-refractivity contribution in [3.05, 3.63) is 107 Å². The van der Waals surface area contributed by atoms with E-state index in [2.05, 4.69) is 0 Å².